The van der Waals surface area contributed by atoms with Gasteiger partial charge in [0.2, 0.25) is 0 Å². The van der Waals surface area contributed by atoms with Gasteiger partial charge in [-0.2, -0.15) is 0 Å². The molecule has 2 aromatic carbocycles. The Morgan fingerprint density at radius 2 is 1.63 bits per heavy atom. The molecule has 0 atom stereocenters. The molecule has 98 valence electrons. The maximum Gasteiger partial charge on any atom is -0.00254 e. The minimum atomic E-state index is 0.989. The topological polar surface area (TPSA) is 0 Å². The molecule has 0 radical (unpaired) electrons. The first-order valence-corrected chi connectivity index (χ1v) is 6.78. The monoisotopic (exact) mass is 250 g/mol. The van der Waals surface area contributed by atoms with Gasteiger partial charge in [0, 0.05) is 0 Å². The van der Waals surface area contributed by atoms with E-state index in [1.165, 1.54) is 33.4 Å². The fourth-order valence-corrected chi connectivity index (χ4v) is 2.36. The lowest BCUT2D eigenvalue weighted by Gasteiger charge is -2.09. The van der Waals surface area contributed by atoms with Gasteiger partial charge in [-0.3, -0.25) is 0 Å². The summed E-state index contributed by atoms with van der Waals surface area (Å²) in [5.41, 5.74) is 9.15. The highest BCUT2D eigenvalue weighted by atomic mass is 14.1. The molecule has 0 fully saturated rings. The Bertz CT molecular complexity index is 618. The van der Waals surface area contributed by atoms with E-state index in [1.807, 2.05) is 0 Å². The van der Waals surface area contributed by atoms with E-state index >= 15 is 0 Å². The van der Waals surface area contributed by atoms with E-state index in [1.54, 1.807) is 0 Å². The molecular weight excluding hydrogens is 228 g/mol. The third-order valence-corrected chi connectivity index (χ3v) is 3.61. The largest absolute Gasteiger partial charge is 0.0955 e. The molecule has 0 aromatic heterocycles. The van der Waals surface area contributed by atoms with Gasteiger partial charge >= 0.3 is 0 Å². The molecule has 0 nitrogen and oxygen atoms in total. The van der Waals surface area contributed by atoms with Crippen LogP contribution >= 0.6 is 0 Å². The van der Waals surface area contributed by atoms with Crippen molar-refractivity contribution < 1.29 is 0 Å². The number of hydrogen-bond acceptors (Lipinski definition) is 0. The van der Waals surface area contributed by atoms with Crippen molar-refractivity contribution in [3.63, 3.8) is 0 Å². The first-order chi connectivity index (χ1) is 8.95. The van der Waals surface area contributed by atoms with Gasteiger partial charge in [-0.05, 0) is 61.9 Å². The fraction of sp³-hybridized carbons (Fsp3) is 0.263. The number of allylic oxidation sites excluding steroid dienone is 1. The zero-order valence-electron chi connectivity index (χ0n) is 12.4. The standard InChI is InChI=1S/C19H22/c1-13(2)19-9-14(3)8-18(12-19)11-17-7-6-15(4)16(5)10-17/h6-10,12H,1,11H2,2-5H3. The Morgan fingerprint density at radius 3 is 2.26 bits per heavy atom. The maximum absolute atomic E-state index is 4.04. The first kappa shape index (κ1) is 13.6. The fourth-order valence-electron chi connectivity index (χ4n) is 2.36. The minimum absolute atomic E-state index is 0.989. The van der Waals surface area contributed by atoms with Gasteiger partial charge in [0.05, 0.1) is 0 Å². The summed E-state index contributed by atoms with van der Waals surface area (Å²) in [5.74, 6) is 0. The quantitative estimate of drug-likeness (QED) is 0.699. The lowest BCUT2D eigenvalue weighted by Crippen LogP contribution is -1.93. The summed E-state index contributed by atoms with van der Waals surface area (Å²) in [5, 5.41) is 0. The molecule has 0 unspecified atom stereocenters. The van der Waals surface area contributed by atoms with Crippen LogP contribution in [0.15, 0.2) is 43.0 Å². The van der Waals surface area contributed by atoms with Crippen LogP contribution in [0.1, 0.15) is 40.3 Å². The van der Waals surface area contributed by atoms with E-state index in [0.29, 0.717) is 0 Å². The normalized spacial score (nSPS) is 10.5. The Hall–Kier alpha value is -1.82. The van der Waals surface area contributed by atoms with Crippen LogP contribution in [0.3, 0.4) is 0 Å². The molecule has 2 aromatic rings. The lowest BCUT2D eigenvalue weighted by atomic mass is 9.96. The minimum Gasteiger partial charge on any atom is -0.0955 e. The van der Waals surface area contributed by atoms with Crippen LogP contribution in [0.25, 0.3) is 5.57 Å². The summed E-state index contributed by atoms with van der Waals surface area (Å²) in [6.45, 7) is 12.6. The van der Waals surface area contributed by atoms with Crippen molar-refractivity contribution in [3.05, 3.63) is 76.4 Å². The lowest BCUT2D eigenvalue weighted by molar-refractivity contribution is 1.16. The summed E-state index contributed by atoms with van der Waals surface area (Å²) in [6, 6.07) is 13.4. The SMILES string of the molecule is C=C(C)c1cc(C)cc(Cc2ccc(C)c(C)c2)c1. The molecule has 0 aliphatic carbocycles. The van der Waals surface area contributed by atoms with Crippen LogP contribution in [-0.4, -0.2) is 0 Å². The van der Waals surface area contributed by atoms with Crippen LogP contribution in [0.4, 0.5) is 0 Å². The average molecular weight is 250 g/mol. The van der Waals surface area contributed by atoms with Gasteiger partial charge in [-0.15, -0.1) is 0 Å². The number of rotatable bonds is 3. The van der Waals surface area contributed by atoms with E-state index in [-0.39, 0.29) is 0 Å². The van der Waals surface area contributed by atoms with Crippen LogP contribution in [0, 0.1) is 20.8 Å². The van der Waals surface area contributed by atoms with Gasteiger partial charge in [0.15, 0.2) is 0 Å². The molecule has 0 heterocycles. The second kappa shape index (κ2) is 5.44. The maximum atomic E-state index is 4.04. The second-order valence-electron chi connectivity index (χ2n) is 5.58. The van der Waals surface area contributed by atoms with Gasteiger partial charge in [0.25, 0.3) is 0 Å². The smallest absolute Gasteiger partial charge is 0.00254 e. The predicted molar refractivity (Wildman–Crippen MR) is 84.6 cm³/mol. The third-order valence-electron chi connectivity index (χ3n) is 3.61. The highest BCUT2D eigenvalue weighted by Gasteiger charge is 2.02. The molecule has 0 saturated heterocycles. The summed E-state index contributed by atoms with van der Waals surface area (Å²) in [7, 11) is 0. The predicted octanol–water partition coefficient (Wildman–Crippen LogP) is 5.24. The van der Waals surface area contributed by atoms with Crippen molar-refractivity contribution in [1.29, 1.82) is 0 Å². The van der Waals surface area contributed by atoms with E-state index in [4.69, 9.17) is 0 Å². The first-order valence-electron chi connectivity index (χ1n) is 6.78. The molecule has 0 saturated carbocycles. The van der Waals surface area contributed by atoms with Crippen molar-refractivity contribution in [2.24, 2.45) is 0 Å². The van der Waals surface area contributed by atoms with Gasteiger partial charge in [0.1, 0.15) is 0 Å². The number of benzene rings is 2. The summed E-state index contributed by atoms with van der Waals surface area (Å²) in [6.07, 6.45) is 0.989. The molecule has 19 heavy (non-hydrogen) atoms. The second-order valence-corrected chi connectivity index (χ2v) is 5.58. The van der Waals surface area contributed by atoms with Crippen LogP contribution in [0.5, 0.6) is 0 Å². The van der Waals surface area contributed by atoms with Crippen LogP contribution < -0.4 is 0 Å². The summed E-state index contributed by atoms with van der Waals surface area (Å²) >= 11 is 0. The molecule has 0 amide bonds. The van der Waals surface area contributed by atoms with Gasteiger partial charge in [-0.25, -0.2) is 0 Å². The summed E-state index contributed by atoms with van der Waals surface area (Å²) < 4.78 is 0. The van der Waals surface area contributed by atoms with E-state index in [2.05, 4.69) is 70.7 Å². The number of aryl methyl sites for hydroxylation is 3. The number of hydrogen-bond donors (Lipinski definition) is 0. The Kier molecular flexibility index (Phi) is 3.90. The molecule has 0 spiro atoms. The molecule has 0 bridgehead atoms. The van der Waals surface area contributed by atoms with Crippen molar-refractivity contribution in [2.45, 2.75) is 34.1 Å². The van der Waals surface area contributed by atoms with Crippen molar-refractivity contribution in [2.75, 3.05) is 0 Å². The molecule has 0 aliphatic rings. The van der Waals surface area contributed by atoms with Crippen molar-refractivity contribution >= 4 is 5.57 Å². The van der Waals surface area contributed by atoms with E-state index in [9.17, 15) is 0 Å². The Labute approximate surface area is 116 Å². The third kappa shape index (κ3) is 3.35. The van der Waals surface area contributed by atoms with E-state index in [0.717, 1.165) is 12.0 Å². The highest BCUT2D eigenvalue weighted by molar-refractivity contribution is 5.62. The molecule has 2 rings (SSSR count). The zero-order valence-corrected chi connectivity index (χ0v) is 12.4. The highest BCUT2D eigenvalue weighted by Crippen LogP contribution is 2.20. The Balaban J connectivity index is 2.32. The molecular formula is C19H22. The van der Waals surface area contributed by atoms with E-state index < -0.39 is 0 Å². The van der Waals surface area contributed by atoms with Gasteiger partial charge in [-0.1, -0.05) is 54.1 Å². The zero-order chi connectivity index (χ0) is 14.0. The van der Waals surface area contributed by atoms with Crippen molar-refractivity contribution in [1.82, 2.24) is 0 Å². The van der Waals surface area contributed by atoms with Crippen molar-refractivity contribution in [3.8, 4) is 0 Å². The average Bonchev–Trinajstić information content (AvgIpc) is 2.33. The summed E-state index contributed by atoms with van der Waals surface area (Å²) in [4.78, 5) is 0. The molecule has 0 aliphatic heterocycles. The Morgan fingerprint density at radius 1 is 0.895 bits per heavy atom. The molecule has 0 heteroatoms. The molecule has 0 N–H and O–H groups in total. The van der Waals surface area contributed by atoms with Crippen LogP contribution in [-0.2, 0) is 6.42 Å². The van der Waals surface area contributed by atoms with Gasteiger partial charge < -0.3 is 0 Å². The van der Waals surface area contributed by atoms with Crippen LogP contribution in [0.2, 0.25) is 0 Å².